The number of primary amides is 1. The molecule has 0 aliphatic rings. The minimum atomic E-state index is -1.35. The maximum Gasteiger partial charge on any atom is 0.410 e. The number of nitriles is 1. The third-order valence-electron chi connectivity index (χ3n) is 1.37. The van der Waals surface area contributed by atoms with Crippen molar-refractivity contribution in [2.75, 3.05) is 0 Å². The van der Waals surface area contributed by atoms with Crippen molar-refractivity contribution >= 4 is 6.09 Å². The number of nitrogens with zero attached hydrogens (tertiary/aromatic N) is 1. The van der Waals surface area contributed by atoms with E-state index in [2.05, 4.69) is 10.5 Å². The van der Waals surface area contributed by atoms with Gasteiger partial charge in [0, 0.05) is 0 Å². The van der Waals surface area contributed by atoms with Crippen molar-refractivity contribution in [2.24, 2.45) is 5.73 Å². The minimum absolute atomic E-state index is 0.428. The highest BCUT2D eigenvalue weighted by molar-refractivity contribution is 5.68. The van der Waals surface area contributed by atoms with Crippen LogP contribution in [0, 0.1) is 23.0 Å². The highest BCUT2D eigenvalue weighted by atomic mass is 19.1. The van der Waals surface area contributed by atoms with E-state index in [1.165, 1.54) is 6.07 Å². The molecule has 1 rings (SSSR count). The first kappa shape index (κ1) is 9.92. The lowest BCUT2D eigenvalue weighted by Gasteiger charge is -2.03. The summed E-state index contributed by atoms with van der Waals surface area (Å²) in [5.74, 6) is -3.30. The van der Waals surface area contributed by atoms with E-state index < -0.39 is 29.0 Å². The summed E-state index contributed by atoms with van der Waals surface area (Å²) in [6.45, 7) is 0. The molecule has 6 heteroatoms. The van der Waals surface area contributed by atoms with E-state index in [0.29, 0.717) is 0 Å². The van der Waals surface area contributed by atoms with Gasteiger partial charge in [-0.2, -0.15) is 5.26 Å². The first-order chi connectivity index (χ1) is 6.56. The van der Waals surface area contributed by atoms with Crippen molar-refractivity contribution in [1.82, 2.24) is 0 Å². The highest BCUT2D eigenvalue weighted by Crippen LogP contribution is 2.23. The smallest absolute Gasteiger partial charge is 0.404 e. The standard InChI is InChI=1S/C8H4F2N2O2/c9-5-2-1-4(3-11)6(10)7(5)14-8(12)13/h1-2H,(H2,12,13). The molecule has 1 aromatic rings. The zero-order valence-corrected chi connectivity index (χ0v) is 6.75. The van der Waals surface area contributed by atoms with Crippen LogP contribution in [0.5, 0.6) is 5.75 Å². The van der Waals surface area contributed by atoms with Crippen LogP contribution in [-0.2, 0) is 0 Å². The molecule has 0 atom stereocenters. The Morgan fingerprint density at radius 3 is 2.64 bits per heavy atom. The van der Waals surface area contributed by atoms with Gasteiger partial charge in [-0.3, -0.25) is 0 Å². The molecule has 2 N–H and O–H groups in total. The SMILES string of the molecule is N#Cc1ccc(F)c(OC(N)=O)c1F. The number of amides is 1. The first-order valence-electron chi connectivity index (χ1n) is 3.41. The molecule has 0 unspecified atom stereocenters. The summed E-state index contributed by atoms with van der Waals surface area (Å²) in [6, 6.07) is 3.20. The average Bonchev–Trinajstić information content (AvgIpc) is 2.12. The van der Waals surface area contributed by atoms with E-state index >= 15 is 0 Å². The van der Waals surface area contributed by atoms with Gasteiger partial charge in [0.25, 0.3) is 0 Å². The zero-order valence-electron chi connectivity index (χ0n) is 6.75. The van der Waals surface area contributed by atoms with Crippen molar-refractivity contribution < 1.29 is 18.3 Å². The molecular weight excluding hydrogens is 194 g/mol. The molecule has 0 radical (unpaired) electrons. The third kappa shape index (κ3) is 1.77. The maximum absolute atomic E-state index is 13.1. The number of hydrogen-bond acceptors (Lipinski definition) is 3. The molecule has 0 aliphatic carbocycles. The number of hydrogen-bond donors (Lipinski definition) is 1. The van der Waals surface area contributed by atoms with Gasteiger partial charge >= 0.3 is 6.09 Å². The van der Waals surface area contributed by atoms with Crippen molar-refractivity contribution in [1.29, 1.82) is 5.26 Å². The molecule has 0 bridgehead atoms. The van der Waals surface area contributed by atoms with Gasteiger partial charge in [0.1, 0.15) is 6.07 Å². The van der Waals surface area contributed by atoms with Crippen LogP contribution in [0.15, 0.2) is 12.1 Å². The van der Waals surface area contributed by atoms with E-state index in [0.717, 1.165) is 12.1 Å². The lowest BCUT2D eigenvalue weighted by molar-refractivity contribution is 0.206. The number of rotatable bonds is 1. The molecule has 0 aliphatic heterocycles. The van der Waals surface area contributed by atoms with E-state index in [9.17, 15) is 13.6 Å². The van der Waals surface area contributed by atoms with E-state index in [1.807, 2.05) is 0 Å². The van der Waals surface area contributed by atoms with Gasteiger partial charge < -0.3 is 10.5 Å². The molecule has 0 heterocycles. The van der Waals surface area contributed by atoms with Gasteiger partial charge in [-0.1, -0.05) is 0 Å². The van der Waals surface area contributed by atoms with Crippen molar-refractivity contribution in [3.63, 3.8) is 0 Å². The second kappa shape index (κ2) is 3.70. The Kier molecular flexibility index (Phi) is 2.62. The Morgan fingerprint density at radius 2 is 2.14 bits per heavy atom. The quantitative estimate of drug-likeness (QED) is 0.738. The summed E-state index contributed by atoms with van der Waals surface area (Å²) in [7, 11) is 0. The number of halogens is 2. The van der Waals surface area contributed by atoms with Crippen LogP contribution in [0.2, 0.25) is 0 Å². The number of nitrogens with two attached hydrogens (primary N) is 1. The lowest BCUT2D eigenvalue weighted by Crippen LogP contribution is -2.18. The van der Waals surface area contributed by atoms with Gasteiger partial charge in [-0.05, 0) is 12.1 Å². The number of ether oxygens (including phenoxy) is 1. The molecule has 1 aromatic carbocycles. The number of benzene rings is 1. The second-order valence-corrected chi connectivity index (χ2v) is 2.27. The van der Waals surface area contributed by atoms with E-state index in [4.69, 9.17) is 5.26 Å². The van der Waals surface area contributed by atoms with Crippen LogP contribution in [0.3, 0.4) is 0 Å². The molecule has 0 saturated heterocycles. The predicted molar refractivity (Wildman–Crippen MR) is 41.3 cm³/mol. The Labute approximate surface area is 77.5 Å². The minimum Gasteiger partial charge on any atom is -0.404 e. The number of carbonyl (C=O) groups excluding carboxylic acids is 1. The van der Waals surface area contributed by atoms with Crippen molar-refractivity contribution in [3.8, 4) is 11.8 Å². The predicted octanol–water partition coefficient (Wildman–Crippen LogP) is 1.29. The Hall–Kier alpha value is -2.16. The zero-order chi connectivity index (χ0) is 10.7. The van der Waals surface area contributed by atoms with Gasteiger partial charge in [0.05, 0.1) is 5.56 Å². The summed E-state index contributed by atoms with van der Waals surface area (Å²) < 4.78 is 30.0. The van der Waals surface area contributed by atoms with Crippen LogP contribution in [0.1, 0.15) is 5.56 Å². The van der Waals surface area contributed by atoms with E-state index in [-0.39, 0.29) is 0 Å². The molecule has 1 amide bonds. The molecule has 0 spiro atoms. The topological polar surface area (TPSA) is 76.1 Å². The molecule has 4 nitrogen and oxygen atoms in total. The summed E-state index contributed by atoms with van der Waals surface area (Å²) in [6.07, 6.45) is -1.35. The second-order valence-electron chi connectivity index (χ2n) is 2.27. The fourth-order valence-corrected chi connectivity index (χ4v) is 0.813. The Morgan fingerprint density at radius 1 is 1.50 bits per heavy atom. The summed E-state index contributed by atoms with van der Waals surface area (Å²) >= 11 is 0. The summed E-state index contributed by atoms with van der Waals surface area (Å²) in [5.41, 5.74) is 4.15. The Bertz CT molecular complexity index is 426. The van der Waals surface area contributed by atoms with Crippen LogP contribution in [-0.4, -0.2) is 6.09 Å². The summed E-state index contributed by atoms with van der Waals surface area (Å²) in [5, 5.41) is 8.38. The first-order valence-corrected chi connectivity index (χ1v) is 3.41. The molecule has 0 saturated carbocycles. The van der Waals surface area contributed by atoms with Gasteiger partial charge in [-0.25, -0.2) is 13.6 Å². The van der Waals surface area contributed by atoms with Crippen LogP contribution in [0.25, 0.3) is 0 Å². The monoisotopic (exact) mass is 198 g/mol. The maximum atomic E-state index is 13.1. The molecule has 14 heavy (non-hydrogen) atoms. The van der Waals surface area contributed by atoms with Crippen molar-refractivity contribution in [3.05, 3.63) is 29.3 Å². The fourth-order valence-electron chi connectivity index (χ4n) is 0.813. The van der Waals surface area contributed by atoms with Crippen LogP contribution < -0.4 is 10.5 Å². The fraction of sp³-hybridized carbons (Fsp3) is 0. The lowest BCUT2D eigenvalue weighted by atomic mass is 10.2. The van der Waals surface area contributed by atoms with Crippen LogP contribution in [0.4, 0.5) is 13.6 Å². The largest absolute Gasteiger partial charge is 0.410 e. The van der Waals surface area contributed by atoms with Crippen molar-refractivity contribution in [2.45, 2.75) is 0 Å². The van der Waals surface area contributed by atoms with Crippen LogP contribution >= 0.6 is 0 Å². The van der Waals surface area contributed by atoms with Gasteiger partial charge in [-0.15, -0.1) is 0 Å². The van der Waals surface area contributed by atoms with E-state index in [1.54, 1.807) is 0 Å². The highest BCUT2D eigenvalue weighted by Gasteiger charge is 2.16. The number of carbonyl (C=O) groups is 1. The normalized spacial score (nSPS) is 9.21. The Balaban J connectivity index is 3.27. The van der Waals surface area contributed by atoms with Gasteiger partial charge in [0.15, 0.2) is 11.6 Å². The molecule has 0 fully saturated rings. The van der Waals surface area contributed by atoms with Gasteiger partial charge in [0.2, 0.25) is 5.75 Å². The molecule has 0 aromatic heterocycles. The third-order valence-corrected chi connectivity index (χ3v) is 1.37. The molecule has 72 valence electrons. The summed E-state index contributed by atoms with van der Waals surface area (Å²) in [4.78, 5) is 10.3. The molecular formula is C8H4F2N2O2. The average molecular weight is 198 g/mol.